The Labute approximate surface area is 122 Å². The predicted octanol–water partition coefficient (Wildman–Crippen LogP) is 3.14. The number of nitriles is 1. The van der Waals surface area contributed by atoms with E-state index in [2.05, 4.69) is 16.7 Å². The summed E-state index contributed by atoms with van der Waals surface area (Å²) >= 11 is 0. The lowest BCUT2D eigenvalue weighted by Gasteiger charge is -2.08. The number of hydrogen-bond acceptors (Lipinski definition) is 3. The lowest BCUT2D eigenvalue weighted by atomic mass is 10.2. The van der Waals surface area contributed by atoms with E-state index < -0.39 is 5.82 Å². The van der Waals surface area contributed by atoms with E-state index in [1.807, 2.05) is 6.07 Å². The third-order valence-corrected chi connectivity index (χ3v) is 2.82. The van der Waals surface area contributed by atoms with Crippen LogP contribution >= 0.6 is 0 Å². The molecule has 0 fully saturated rings. The number of rotatable bonds is 5. The molecule has 2 rings (SSSR count). The molecular formula is C16H14FN3O. The summed E-state index contributed by atoms with van der Waals surface area (Å²) in [5.74, 6) is -0.614. The summed E-state index contributed by atoms with van der Waals surface area (Å²) in [7, 11) is 0. The molecule has 0 radical (unpaired) electrons. The molecule has 0 unspecified atom stereocenters. The smallest absolute Gasteiger partial charge is 0.226 e. The maximum atomic E-state index is 13.0. The zero-order chi connectivity index (χ0) is 15.1. The van der Waals surface area contributed by atoms with Crippen LogP contribution < -0.4 is 10.6 Å². The van der Waals surface area contributed by atoms with Crippen molar-refractivity contribution in [2.24, 2.45) is 0 Å². The minimum Gasteiger partial charge on any atom is -0.383 e. The summed E-state index contributed by atoms with van der Waals surface area (Å²) in [6.07, 6.45) is 0.219. The van der Waals surface area contributed by atoms with Crippen molar-refractivity contribution in [2.75, 3.05) is 17.2 Å². The van der Waals surface area contributed by atoms with Crippen LogP contribution in [0.2, 0.25) is 0 Å². The van der Waals surface area contributed by atoms with Gasteiger partial charge in [0.25, 0.3) is 0 Å². The second-order valence-corrected chi connectivity index (χ2v) is 4.39. The molecule has 0 spiro atoms. The van der Waals surface area contributed by atoms with E-state index >= 15 is 0 Å². The number of nitrogens with one attached hydrogen (secondary N) is 2. The van der Waals surface area contributed by atoms with E-state index in [1.54, 1.807) is 24.3 Å². The van der Waals surface area contributed by atoms with Gasteiger partial charge in [0.05, 0.1) is 11.3 Å². The van der Waals surface area contributed by atoms with Crippen molar-refractivity contribution >= 4 is 17.3 Å². The van der Waals surface area contributed by atoms with E-state index in [0.29, 0.717) is 23.5 Å². The molecule has 0 aliphatic heterocycles. The topological polar surface area (TPSA) is 64.9 Å². The molecule has 0 heterocycles. The molecule has 1 amide bonds. The monoisotopic (exact) mass is 283 g/mol. The highest BCUT2D eigenvalue weighted by Crippen LogP contribution is 2.13. The van der Waals surface area contributed by atoms with Crippen molar-refractivity contribution in [1.29, 1.82) is 5.26 Å². The second-order valence-electron chi connectivity index (χ2n) is 4.39. The molecule has 0 saturated carbocycles. The number of amides is 1. The van der Waals surface area contributed by atoms with Crippen molar-refractivity contribution in [3.8, 4) is 6.07 Å². The highest BCUT2D eigenvalue weighted by molar-refractivity contribution is 5.90. The maximum Gasteiger partial charge on any atom is 0.226 e. The molecule has 4 nitrogen and oxygen atoms in total. The number of carbonyl (C=O) groups excluding carboxylic acids is 1. The van der Waals surface area contributed by atoms with Crippen LogP contribution in [0.25, 0.3) is 0 Å². The molecule has 2 aromatic rings. The molecule has 0 aromatic heterocycles. The van der Waals surface area contributed by atoms with Crippen LogP contribution in [0.4, 0.5) is 15.8 Å². The van der Waals surface area contributed by atoms with Crippen LogP contribution in [0.15, 0.2) is 48.5 Å². The van der Waals surface area contributed by atoms with Gasteiger partial charge in [0, 0.05) is 18.7 Å². The van der Waals surface area contributed by atoms with Gasteiger partial charge >= 0.3 is 0 Å². The van der Waals surface area contributed by atoms with Gasteiger partial charge in [0.1, 0.15) is 11.9 Å². The Balaban J connectivity index is 1.83. The Morgan fingerprint density at radius 1 is 1.19 bits per heavy atom. The number of hydrogen-bond donors (Lipinski definition) is 2. The molecule has 0 aliphatic rings. The first-order chi connectivity index (χ1) is 10.2. The Kier molecular flexibility index (Phi) is 4.89. The molecule has 2 N–H and O–H groups in total. The molecule has 0 bridgehead atoms. The Hall–Kier alpha value is -2.87. The number of nitrogens with zero attached hydrogens (tertiary/aromatic N) is 1. The predicted molar refractivity (Wildman–Crippen MR) is 79.3 cm³/mol. The summed E-state index contributed by atoms with van der Waals surface area (Å²) in [6, 6.07) is 14.9. The van der Waals surface area contributed by atoms with Crippen LogP contribution in [0.1, 0.15) is 12.0 Å². The van der Waals surface area contributed by atoms with Crippen LogP contribution in [0, 0.1) is 17.1 Å². The van der Waals surface area contributed by atoms with Gasteiger partial charge in [-0.15, -0.1) is 0 Å². The summed E-state index contributed by atoms with van der Waals surface area (Å²) < 4.78 is 13.0. The minimum absolute atomic E-state index is 0.219. The maximum absolute atomic E-state index is 13.0. The number of halogens is 1. The van der Waals surface area contributed by atoms with E-state index in [-0.39, 0.29) is 12.3 Å². The first kappa shape index (κ1) is 14.5. The van der Waals surface area contributed by atoms with Crippen LogP contribution in [-0.2, 0) is 4.79 Å². The molecule has 21 heavy (non-hydrogen) atoms. The fourth-order valence-corrected chi connectivity index (χ4v) is 1.84. The largest absolute Gasteiger partial charge is 0.383 e. The minimum atomic E-state index is -0.395. The number of benzene rings is 2. The van der Waals surface area contributed by atoms with Gasteiger partial charge in [-0.3, -0.25) is 4.79 Å². The van der Waals surface area contributed by atoms with E-state index in [1.165, 1.54) is 18.2 Å². The van der Waals surface area contributed by atoms with Crippen LogP contribution in [0.5, 0.6) is 0 Å². The summed E-state index contributed by atoms with van der Waals surface area (Å²) in [4.78, 5) is 11.7. The van der Waals surface area contributed by atoms with Gasteiger partial charge in [0.15, 0.2) is 0 Å². The number of anilines is 2. The molecular weight excluding hydrogens is 269 g/mol. The summed E-state index contributed by atoms with van der Waals surface area (Å²) in [6.45, 7) is 0.389. The molecule has 2 aromatic carbocycles. The average molecular weight is 283 g/mol. The number of carbonyl (C=O) groups is 1. The highest BCUT2D eigenvalue weighted by atomic mass is 19.1. The average Bonchev–Trinajstić information content (AvgIpc) is 2.47. The first-order valence-electron chi connectivity index (χ1n) is 6.47. The van der Waals surface area contributed by atoms with Gasteiger partial charge in [-0.1, -0.05) is 18.2 Å². The van der Waals surface area contributed by atoms with E-state index in [0.717, 1.165) is 0 Å². The van der Waals surface area contributed by atoms with E-state index in [9.17, 15) is 9.18 Å². The van der Waals surface area contributed by atoms with Crippen molar-refractivity contribution in [3.05, 3.63) is 59.9 Å². The lowest BCUT2D eigenvalue weighted by Crippen LogP contribution is -2.16. The fourth-order valence-electron chi connectivity index (χ4n) is 1.84. The van der Waals surface area contributed by atoms with Crippen molar-refractivity contribution in [2.45, 2.75) is 6.42 Å². The van der Waals surface area contributed by atoms with Gasteiger partial charge in [-0.2, -0.15) is 5.26 Å². The lowest BCUT2D eigenvalue weighted by molar-refractivity contribution is -0.115. The zero-order valence-electron chi connectivity index (χ0n) is 11.3. The van der Waals surface area contributed by atoms with Crippen LogP contribution in [0.3, 0.4) is 0 Å². The zero-order valence-corrected chi connectivity index (χ0v) is 11.3. The van der Waals surface area contributed by atoms with Gasteiger partial charge in [0.2, 0.25) is 5.91 Å². The summed E-state index contributed by atoms with van der Waals surface area (Å²) in [5.41, 5.74) is 1.65. The highest BCUT2D eigenvalue weighted by Gasteiger charge is 2.04. The van der Waals surface area contributed by atoms with Gasteiger partial charge in [-0.05, 0) is 30.3 Å². The van der Waals surface area contributed by atoms with Crippen LogP contribution in [-0.4, -0.2) is 12.5 Å². The molecule has 106 valence electrons. The Morgan fingerprint density at radius 2 is 2.00 bits per heavy atom. The molecule has 0 saturated heterocycles. The van der Waals surface area contributed by atoms with Crippen molar-refractivity contribution < 1.29 is 9.18 Å². The fraction of sp³-hybridized carbons (Fsp3) is 0.125. The van der Waals surface area contributed by atoms with E-state index in [4.69, 9.17) is 5.26 Å². The number of para-hydroxylation sites is 1. The molecule has 5 heteroatoms. The standard InChI is InChI=1S/C16H14FN3O/c17-13-5-3-6-14(10-13)20-16(21)8-9-19-15-7-2-1-4-12(15)11-18/h1-7,10,19H,8-9H2,(H,20,21). The first-order valence-corrected chi connectivity index (χ1v) is 6.47. The normalized spacial score (nSPS) is 9.71. The van der Waals surface area contributed by atoms with Crippen molar-refractivity contribution in [3.63, 3.8) is 0 Å². The quantitative estimate of drug-likeness (QED) is 0.886. The third kappa shape index (κ3) is 4.32. The molecule has 0 aliphatic carbocycles. The summed E-state index contributed by atoms with van der Waals surface area (Å²) in [5, 5.41) is 14.6. The Morgan fingerprint density at radius 3 is 2.76 bits per heavy atom. The van der Waals surface area contributed by atoms with Gasteiger partial charge < -0.3 is 10.6 Å². The second kappa shape index (κ2) is 7.06. The third-order valence-electron chi connectivity index (χ3n) is 2.82. The van der Waals surface area contributed by atoms with Gasteiger partial charge in [-0.25, -0.2) is 4.39 Å². The van der Waals surface area contributed by atoms with Crippen molar-refractivity contribution in [1.82, 2.24) is 0 Å². The Bertz CT molecular complexity index is 679. The molecule has 0 atom stereocenters. The SMILES string of the molecule is N#Cc1ccccc1NCCC(=O)Nc1cccc(F)c1.